The third-order valence-electron chi connectivity index (χ3n) is 13.7. The standard InChI is InChI=1S/C76H122O6/c1-4-7-10-13-16-19-22-25-28-31-33-34-35-36-37-38-39-40-41-42-44-45-48-51-54-57-60-63-66-69-75(78)81-72-73(71-80-74(77)68-65-62-59-56-53-50-47-30-27-24-21-18-15-12-9-6-3)82-76(79)70-67-64-61-58-55-52-49-46-43-32-29-26-23-20-17-14-11-8-5-2/h7-8,10-11,16-17,19-20,25-26,28-30,33-34,36-37,39-40,42-44,46-47,52,55,73H,4-6,9,12-15,18,21-24,27,31-32,35,38,41,45,48-51,53-54,56-72H2,1-3H3/b10-7-,11-8-,19-16-,20-17-,28-25-,29-26-,34-33-,37-36-,40-39-,44-42-,46-43-,47-30-,55-52-. The fraction of sp³-hybridized carbons (Fsp3) is 0.618. The van der Waals surface area contributed by atoms with Gasteiger partial charge in [0.15, 0.2) is 6.10 Å². The minimum Gasteiger partial charge on any atom is -0.462 e. The molecule has 0 bridgehead atoms. The highest BCUT2D eigenvalue weighted by atomic mass is 16.6. The topological polar surface area (TPSA) is 78.9 Å². The number of ether oxygens (including phenoxy) is 3. The van der Waals surface area contributed by atoms with E-state index in [4.69, 9.17) is 14.2 Å². The number of carbonyl (C=O) groups excluding carboxylic acids is 3. The van der Waals surface area contributed by atoms with Crippen molar-refractivity contribution in [2.75, 3.05) is 13.2 Å². The van der Waals surface area contributed by atoms with E-state index in [1.54, 1.807) is 0 Å². The molecule has 82 heavy (non-hydrogen) atoms. The molecule has 1 atom stereocenters. The highest BCUT2D eigenvalue weighted by Crippen LogP contribution is 2.14. The van der Waals surface area contributed by atoms with Gasteiger partial charge in [0.1, 0.15) is 13.2 Å². The van der Waals surface area contributed by atoms with Gasteiger partial charge in [-0.05, 0) is 148 Å². The van der Waals surface area contributed by atoms with Crippen LogP contribution >= 0.6 is 0 Å². The van der Waals surface area contributed by atoms with Crippen LogP contribution in [0.15, 0.2) is 158 Å². The number of carbonyl (C=O) groups is 3. The van der Waals surface area contributed by atoms with Gasteiger partial charge in [-0.15, -0.1) is 0 Å². The molecule has 0 aliphatic rings. The second-order valence-corrected chi connectivity index (χ2v) is 21.6. The fourth-order valence-electron chi connectivity index (χ4n) is 8.80. The van der Waals surface area contributed by atoms with Crippen LogP contribution in [0.2, 0.25) is 0 Å². The Hall–Kier alpha value is -4.97. The molecule has 0 spiro atoms. The summed E-state index contributed by atoms with van der Waals surface area (Å²) in [5.41, 5.74) is 0. The van der Waals surface area contributed by atoms with Crippen LogP contribution in [-0.2, 0) is 28.6 Å². The van der Waals surface area contributed by atoms with Gasteiger partial charge in [0.05, 0.1) is 0 Å². The fourth-order valence-corrected chi connectivity index (χ4v) is 8.80. The van der Waals surface area contributed by atoms with Crippen LogP contribution in [0.5, 0.6) is 0 Å². The van der Waals surface area contributed by atoms with E-state index in [1.165, 1.54) is 83.5 Å². The third kappa shape index (κ3) is 65.8. The van der Waals surface area contributed by atoms with Gasteiger partial charge in [0, 0.05) is 19.3 Å². The maximum Gasteiger partial charge on any atom is 0.306 e. The molecule has 0 saturated carbocycles. The predicted molar refractivity (Wildman–Crippen MR) is 357 cm³/mol. The summed E-state index contributed by atoms with van der Waals surface area (Å²) in [6.45, 7) is 6.37. The molecule has 1 unspecified atom stereocenters. The molecule has 0 aliphatic carbocycles. The van der Waals surface area contributed by atoms with Gasteiger partial charge in [-0.25, -0.2) is 0 Å². The lowest BCUT2D eigenvalue weighted by Crippen LogP contribution is -2.30. The summed E-state index contributed by atoms with van der Waals surface area (Å²) in [6, 6.07) is 0. The Morgan fingerprint density at radius 2 is 0.476 bits per heavy atom. The first-order chi connectivity index (χ1) is 40.5. The molecule has 0 aromatic rings. The van der Waals surface area contributed by atoms with Crippen LogP contribution in [0.4, 0.5) is 0 Å². The van der Waals surface area contributed by atoms with Gasteiger partial charge < -0.3 is 14.2 Å². The van der Waals surface area contributed by atoms with Crippen molar-refractivity contribution in [3.8, 4) is 0 Å². The number of unbranched alkanes of at least 4 members (excludes halogenated alkanes) is 22. The largest absolute Gasteiger partial charge is 0.462 e. The van der Waals surface area contributed by atoms with E-state index in [-0.39, 0.29) is 37.5 Å². The lowest BCUT2D eigenvalue weighted by atomic mass is 10.1. The van der Waals surface area contributed by atoms with Crippen molar-refractivity contribution in [2.45, 2.75) is 290 Å². The zero-order valence-electron chi connectivity index (χ0n) is 52.9. The van der Waals surface area contributed by atoms with Crippen LogP contribution < -0.4 is 0 Å². The van der Waals surface area contributed by atoms with E-state index >= 15 is 0 Å². The van der Waals surface area contributed by atoms with Gasteiger partial charge in [0.2, 0.25) is 0 Å². The van der Waals surface area contributed by atoms with Crippen molar-refractivity contribution in [1.29, 1.82) is 0 Å². The van der Waals surface area contributed by atoms with Crippen molar-refractivity contribution in [1.82, 2.24) is 0 Å². The average Bonchev–Trinajstić information content (AvgIpc) is 3.47. The smallest absolute Gasteiger partial charge is 0.306 e. The summed E-state index contributed by atoms with van der Waals surface area (Å²) in [5.74, 6) is -0.956. The maximum absolute atomic E-state index is 12.9. The van der Waals surface area contributed by atoms with Gasteiger partial charge in [-0.1, -0.05) is 275 Å². The van der Waals surface area contributed by atoms with Gasteiger partial charge in [0.25, 0.3) is 0 Å². The molecule has 0 aromatic heterocycles. The second-order valence-electron chi connectivity index (χ2n) is 21.6. The molecule has 0 aliphatic heterocycles. The number of hydrogen-bond donors (Lipinski definition) is 0. The summed E-state index contributed by atoms with van der Waals surface area (Å²) in [4.78, 5) is 38.4. The van der Waals surface area contributed by atoms with Gasteiger partial charge >= 0.3 is 17.9 Å². The zero-order valence-corrected chi connectivity index (χ0v) is 52.9. The first-order valence-corrected chi connectivity index (χ1v) is 33.5. The Kier molecular flexibility index (Phi) is 64.4. The molecule has 0 heterocycles. The quantitative estimate of drug-likeness (QED) is 0.0261. The number of esters is 3. The molecule has 6 nitrogen and oxygen atoms in total. The summed E-state index contributed by atoms with van der Waals surface area (Å²) in [6.07, 6.45) is 99.6. The monoisotopic (exact) mass is 1130 g/mol. The van der Waals surface area contributed by atoms with E-state index in [1.807, 2.05) is 0 Å². The lowest BCUT2D eigenvalue weighted by Gasteiger charge is -2.18. The van der Waals surface area contributed by atoms with E-state index in [9.17, 15) is 14.4 Å². The second kappa shape index (κ2) is 68.5. The average molecular weight is 1130 g/mol. The number of hydrogen-bond acceptors (Lipinski definition) is 6. The molecular weight excluding hydrogens is 1010 g/mol. The first-order valence-electron chi connectivity index (χ1n) is 33.5. The maximum atomic E-state index is 12.9. The number of allylic oxidation sites excluding steroid dienone is 26. The van der Waals surface area contributed by atoms with Crippen LogP contribution in [-0.4, -0.2) is 37.2 Å². The Morgan fingerprint density at radius 1 is 0.256 bits per heavy atom. The van der Waals surface area contributed by atoms with E-state index in [2.05, 4.69) is 179 Å². The predicted octanol–water partition coefficient (Wildman–Crippen LogP) is 23.3. The number of rotatable bonds is 59. The van der Waals surface area contributed by atoms with Gasteiger partial charge in [-0.3, -0.25) is 14.4 Å². The summed E-state index contributed by atoms with van der Waals surface area (Å²) < 4.78 is 16.9. The molecular formula is C76H122O6. The van der Waals surface area contributed by atoms with Crippen LogP contribution in [0, 0.1) is 0 Å². The van der Waals surface area contributed by atoms with Crippen LogP contribution in [0.25, 0.3) is 0 Å². The molecule has 0 N–H and O–H groups in total. The lowest BCUT2D eigenvalue weighted by molar-refractivity contribution is -0.167. The highest BCUT2D eigenvalue weighted by Gasteiger charge is 2.19. The van der Waals surface area contributed by atoms with E-state index in [0.717, 1.165) is 154 Å². The minimum atomic E-state index is -0.813. The Morgan fingerprint density at radius 3 is 0.768 bits per heavy atom. The molecule has 0 radical (unpaired) electrons. The molecule has 0 rings (SSSR count). The Bertz CT molecular complexity index is 1830. The van der Waals surface area contributed by atoms with Crippen molar-refractivity contribution >= 4 is 17.9 Å². The van der Waals surface area contributed by atoms with E-state index < -0.39 is 6.10 Å². The molecule has 0 amide bonds. The minimum absolute atomic E-state index is 0.105. The molecule has 0 aromatic carbocycles. The van der Waals surface area contributed by atoms with Crippen molar-refractivity contribution in [2.24, 2.45) is 0 Å². The normalized spacial score (nSPS) is 13.2. The van der Waals surface area contributed by atoms with E-state index in [0.29, 0.717) is 19.3 Å². The van der Waals surface area contributed by atoms with Crippen molar-refractivity contribution in [3.63, 3.8) is 0 Å². The third-order valence-corrected chi connectivity index (χ3v) is 13.7. The SMILES string of the molecule is CC/C=C\C/C=C\C/C=C\C/C=C\C/C=C\C/C=C\C/C=C\CCCCCCCCCC(=O)OCC(COC(=O)CCCCCCC/C=C\CCCCCCCCC)OC(=O)CCCCC/C=C\C/C=C\C/C=C\C/C=C\C/C=C\CC. The Balaban J connectivity index is 4.45. The van der Waals surface area contributed by atoms with Gasteiger partial charge in [-0.2, -0.15) is 0 Å². The van der Waals surface area contributed by atoms with Crippen LogP contribution in [0.3, 0.4) is 0 Å². The summed E-state index contributed by atoms with van der Waals surface area (Å²) in [7, 11) is 0. The Labute approximate surface area is 505 Å². The first kappa shape index (κ1) is 77.0. The zero-order chi connectivity index (χ0) is 59.2. The summed E-state index contributed by atoms with van der Waals surface area (Å²) >= 11 is 0. The van der Waals surface area contributed by atoms with Crippen molar-refractivity contribution < 1.29 is 28.6 Å². The molecule has 6 heteroatoms. The van der Waals surface area contributed by atoms with Crippen molar-refractivity contribution in [3.05, 3.63) is 158 Å². The summed E-state index contributed by atoms with van der Waals surface area (Å²) in [5, 5.41) is 0. The molecule has 0 saturated heterocycles. The highest BCUT2D eigenvalue weighted by molar-refractivity contribution is 5.71. The molecule has 462 valence electrons. The molecule has 0 fully saturated rings. The van der Waals surface area contributed by atoms with Crippen LogP contribution in [0.1, 0.15) is 284 Å².